The van der Waals surface area contributed by atoms with Gasteiger partial charge in [0.1, 0.15) is 5.76 Å². The number of amides is 1. The van der Waals surface area contributed by atoms with Crippen LogP contribution in [0.2, 0.25) is 10.0 Å². The van der Waals surface area contributed by atoms with E-state index < -0.39 is 0 Å². The summed E-state index contributed by atoms with van der Waals surface area (Å²) in [5.41, 5.74) is 1.18. The Morgan fingerprint density at radius 2 is 2.11 bits per heavy atom. The van der Waals surface area contributed by atoms with E-state index in [9.17, 15) is 4.79 Å². The number of anilines is 1. The number of carbonyl (C=O) groups excluding carboxylic acids is 1. The van der Waals surface area contributed by atoms with Gasteiger partial charge in [0, 0.05) is 11.8 Å². The number of nitrogens with zero attached hydrogens (tertiary/aromatic N) is 1. The quantitative estimate of drug-likeness (QED) is 0.939. The fourth-order valence-corrected chi connectivity index (χ4v) is 1.74. The van der Waals surface area contributed by atoms with Crippen LogP contribution in [0.3, 0.4) is 0 Å². The van der Waals surface area contributed by atoms with Crippen LogP contribution in [0, 0.1) is 6.92 Å². The number of aryl methyl sites for hydroxylation is 1. The molecular weight excluding hydrogens is 275 g/mol. The van der Waals surface area contributed by atoms with Crippen LogP contribution in [0.15, 0.2) is 28.8 Å². The molecule has 94 valence electrons. The normalized spacial score (nSPS) is 10.4. The first-order valence-corrected chi connectivity index (χ1v) is 5.97. The second kappa shape index (κ2) is 5.42. The van der Waals surface area contributed by atoms with Gasteiger partial charge in [-0.2, -0.15) is 0 Å². The van der Waals surface area contributed by atoms with Crippen molar-refractivity contribution in [2.45, 2.75) is 13.3 Å². The predicted molar refractivity (Wildman–Crippen MR) is 70.0 cm³/mol. The van der Waals surface area contributed by atoms with Crippen LogP contribution in [0.1, 0.15) is 11.5 Å². The van der Waals surface area contributed by atoms with Crippen LogP contribution in [-0.2, 0) is 11.2 Å². The van der Waals surface area contributed by atoms with Crippen molar-refractivity contribution >= 4 is 34.8 Å². The molecule has 0 aliphatic heterocycles. The first-order chi connectivity index (χ1) is 8.54. The van der Waals surface area contributed by atoms with Gasteiger partial charge in [-0.25, -0.2) is 0 Å². The second-order valence-corrected chi connectivity index (χ2v) is 4.60. The Morgan fingerprint density at radius 1 is 1.33 bits per heavy atom. The van der Waals surface area contributed by atoms with E-state index in [4.69, 9.17) is 27.7 Å². The summed E-state index contributed by atoms with van der Waals surface area (Å²) in [5.74, 6) is 0.481. The highest BCUT2D eigenvalue weighted by molar-refractivity contribution is 6.42. The fraction of sp³-hybridized carbons (Fsp3) is 0.167. The van der Waals surface area contributed by atoms with Crippen molar-refractivity contribution in [1.82, 2.24) is 5.16 Å². The Balaban J connectivity index is 2.00. The van der Waals surface area contributed by atoms with E-state index in [1.165, 1.54) is 0 Å². The minimum atomic E-state index is -0.193. The van der Waals surface area contributed by atoms with Crippen molar-refractivity contribution in [2.75, 3.05) is 5.32 Å². The third kappa shape index (κ3) is 3.24. The number of rotatable bonds is 3. The summed E-state index contributed by atoms with van der Waals surface area (Å²) in [5, 5.41) is 7.29. The van der Waals surface area contributed by atoms with Gasteiger partial charge >= 0.3 is 0 Å². The maximum absolute atomic E-state index is 11.7. The zero-order valence-electron chi connectivity index (χ0n) is 9.54. The molecule has 6 heteroatoms. The monoisotopic (exact) mass is 284 g/mol. The molecule has 1 heterocycles. The van der Waals surface area contributed by atoms with Crippen molar-refractivity contribution in [2.24, 2.45) is 0 Å². The third-order valence-corrected chi connectivity index (χ3v) is 2.96. The summed E-state index contributed by atoms with van der Waals surface area (Å²) < 4.78 is 4.88. The summed E-state index contributed by atoms with van der Waals surface area (Å²) in [7, 11) is 0. The minimum absolute atomic E-state index is 0.150. The number of benzene rings is 1. The van der Waals surface area contributed by atoms with Crippen LogP contribution in [0.25, 0.3) is 0 Å². The lowest BCUT2D eigenvalue weighted by Gasteiger charge is -2.04. The number of halogens is 2. The fourth-order valence-electron chi connectivity index (χ4n) is 1.44. The number of carbonyl (C=O) groups is 1. The Labute approximate surface area is 114 Å². The molecule has 0 aliphatic rings. The maximum Gasteiger partial charge on any atom is 0.230 e. The van der Waals surface area contributed by atoms with Crippen molar-refractivity contribution in [3.8, 4) is 0 Å². The van der Waals surface area contributed by atoms with Crippen LogP contribution in [-0.4, -0.2) is 11.1 Å². The highest BCUT2D eigenvalue weighted by Gasteiger charge is 2.08. The van der Waals surface area contributed by atoms with Crippen molar-refractivity contribution in [3.05, 3.63) is 45.8 Å². The molecule has 1 aromatic heterocycles. The molecule has 1 aromatic carbocycles. The summed E-state index contributed by atoms with van der Waals surface area (Å²) in [6.45, 7) is 1.77. The Kier molecular flexibility index (Phi) is 3.89. The van der Waals surface area contributed by atoms with Crippen LogP contribution < -0.4 is 5.32 Å². The minimum Gasteiger partial charge on any atom is -0.361 e. The molecule has 1 amide bonds. The lowest BCUT2D eigenvalue weighted by molar-refractivity contribution is -0.115. The first kappa shape index (κ1) is 12.9. The number of hydrogen-bond donors (Lipinski definition) is 1. The lowest BCUT2D eigenvalue weighted by Crippen LogP contribution is -2.14. The summed E-state index contributed by atoms with van der Waals surface area (Å²) in [6.07, 6.45) is 0.150. The predicted octanol–water partition coefficient (Wildman–Crippen LogP) is 3.47. The molecule has 0 bridgehead atoms. The van der Waals surface area contributed by atoms with Crippen LogP contribution in [0.4, 0.5) is 5.69 Å². The van der Waals surface area contributed by atoms with Gasteiger partial charge in [0.15, 0.2) is 0 Å². The van der Waals surface area contributed by atoms with Gasteiger partial charge < -0.3 is 9.84 Å². The molecule has 4 nitrogen and oxygen atoms in total. The summed E-state index contributed by atoms with van der Waals surface area (Å²) in [4.78, 5) is 11.7. The lowest BCUT2D eigenvalue weighted by atomic mass is 10.2. The van der Waals surface area contributed by atoms with E-state index in [0.29, 0.717) is 27.2 Å². The van der Waals surface area contributed by atoms with Crippen LogP contribution in [0.5, 0.6) is 0 Å². The SMILES string of the molecule is Cc1cc(CC(=O)Nc2ccc(Cl)c(Cl)c2)no1. The van der Waals surface area contributed by atoms with Gasteiger partial charge in [-0.1, -0.05) is 28.4 Å². The average Bonchev–Trinajstić information content (AvgIpc) is 2.69. The van der Waals surface area contributed by atoms with Gasteiger partial charge in [0.25, 0.3) is 0 Å². The van der Waals surface area contributed by atoms with Crippen molar-refractivity contribution in [1.29, 1.82) is 0 Å². The van der Waals surface area contributed by atoms with E-state index in [1.807, 2.05) is 0 Å². The topological polar surface area (TPSA) is 55.1 Å². The summed E-state index contributed by atoms with van der Waals surface area (Å²) >= 11 is 11.6. The van der Waals surface area contributed by atoms with E-state index in [2.05, 4.69) is 10.5 Å². The van der Waals surface area contributed by atoms with Gasteiger partial charge in [-0.05, 0) is 25.1 Å². The van der Waals surface area contributed by atoms with Crippen LogP contribution >= 0.6 is 23.2 Å². The number of hydrogen-bond acceptors (Lipinski definition) is 3. The highest BCUT2D eigenvalue weighted by Crippen LogP contribution is 2.25. The second-order valence-electron chi connectivity index (χ2n) is 3.78. The number of nitrogens with one attached hydrogen (secondary N) is 1. The molecule has 0 fully saturated rings. The molecule has 0 saturated carbocycles. The molecule has 2 aromatic rings. The Hall–Kier alpha value is -1.52. The van der Waals surface area contributed by atoms with E-state index in [0.717, 1.165) is 0 Å². The van der Waals surface area contributed by atoms with E-state index in [-0.39, 0.29) is 12.3 Å². The third-order valence-electron chi connectivity index (χ3n) is 2.22. The summed E-state index contributed by atoms with van der Waals surface area (Å²) in [6, 6.07) is 6.62. The van der Waals surface area contributed by atoms with Crippen molar-refractivity contribution in [3.63, 3.8) is 0 Å². The molecular formula is C12H10Cl2N2O2. The molecule has 2 rings (SSSR count). The molecule has 0 radical (unpaired) electrons. The molecule has 18 heavy (non-hydrogen) atoms. The smallest absolute Gasteiger partial charge is 0.230 e. The molecule has 0 atom stereocenters. The van der Waals surface area contributed by atoms with Gasteiger partial charge in [0.05, 0.1) is 22.2 Å². The van der Waals surface area contributed by atoms with Gasteiger partial charge in [-0.15, -0.1) is 0 Å². The maximum atomic E-state index is 11.7. The van der Waals surface area contributed by atoms with Crippen molar-refractivity contribution < 1.29 is 9.32 Å². The highest BCUT2D eigenvalue weighted by atomic mass is 35.5. The van der Waals surface area contributed by atoms with E-state index >= 15 is 0 Å². The Morgan fingerprint density at radius 3 is 2.72 bits per heavy atom. The average molecular weight is 285 g/mol. The van der Waals surface area contributed by atoms with E-state index in [1.54, 1.807) is 31.2 Å². The zero-order chi connectivity index (χ0) is 13.1. The largest absolute Gasteiger partial charge is 0.361 e. The standard InChI is InChI=1S/C12H10Cl2N2O2/c1-7-4-9(16-18-7)6-12(17)15-8-2-3-10(13)11(14)5-8/h2-5H,6H2,1H3,(H,15,17). The molecule has 0 unspecified atom stereocenters. The Bertz CT molecular complexity index is 581. The molecule has 0 spiro atoms. The first-order valence-electron chi connectivity index (χ1n) is 5.21. The number of aromatic nitrogens is 1. The van der Waals surface area contributed by atoms with Gasteiger partial charge in [-0.3, -0.25) is 4.79 Å². The zero-order valence-corrected chi connectivity index (χ0v) is 11.0. The van der Waals surface area contributed by atoms with Gasteiger partial charge in [0.2, 0.25) is 5.91 Å². The molecule has 0 aliphatic carbocycles. The molecule has 1 N–H and O–H groups in total. The molecule has 0 saturated heterocycles.